The summed E-state index contributed by atoms with van der Waals surface area (Å²) in [5, 5.41) is 6.55. The minimum Gasteiger partial charge on any atom is -0.321 e. The van der Waals surface area contributed by atoms with Crippen molar-refractivity contribution in [3.63, 3.8) is 0 Å². The number of halogens is 2. The van der Waals surface area contributed by atoms with Crippen molar-refractivity contribution in [2.45, 2.75) is 6.92 Å². The van der Waals surface area contributed by atoms with Crippen LogP contribution in [0, 0.1) is 6.92 Å². The van der Waals surface area contributed by atoms with Crippen LogP contribution >= 0.6 is 27.5 Å². The van der Waals surface area contributed by atoms with Crippen LogP contribution in [0.4, 0.5) is 11.4 Å². The van der Waals surface area contributed by atoms with Gasteiger partial charge in [-0.25, -0.2) is 4.68 Å². The maximum absolute atomic E-state index is 13.0. The number of fused-ring (bicyclic) bond motifs is 1. The maximum atomic E-state index is 13.0. The molecule has 166 valence electrons. The second kappa shape index (κ2) is 9.48. The first-order chi connectivity index (χ1) is 15.8. The van der Waals surface area contributed by atoms with Crippen molar-refractivity contribution in [2.24, 2.45) is 0 Å². The number of hydrogen-bond donors (Lipinski definition) is 3. The van der Waals surface area contributed by atoms with Crippen LogP contribution in [0.5, 0.6) is 0 Å². The number of hydrogen-bond acceptors (Lipinski definition) is 3. The second-order valence-electron chi connectivity index (χ2n) is 7.29. The number of anilines is 2. The quantitative estimate of drug-likeness (QED) is 0.315. The standard InChI is InChI=1S/C24H18BrClN4O3/c1-14-2-7-18(8-3-14)28-23(32)24(33)29-30-20-11-4-16(25)12-15(20)13-21(30)22(31)27-19-9-5-17(26)6-10-19/h2-13H,1H3,(H,27,31)(H,28,32)(H,29,33). The summed E-state index contributed by atoms with van der Waals surface area (Å²) in [6, 6.07) is 20.6. The predicted octanol–water partition coefficient (Wildman–Crippen LogP) is 5.33. The predicted molar refractivity (Wildman–Crippen MR) is 133 cm³/mol. The molecule has 0 atom stereocenters. The van der Waals surface area contributed by atoms with E-state index in [9.17, 15) is 14.4 Å². The lowest BCUT2D eigenvalue weighted by molar-refractivity contribution is -0.133. The number of nitrogens with one attached hydrogen (secondary N) is 3. The smallest absolute Gasteiger partial charge is 0.321 e. The number of amides is 3. The fraction of sp³-hybridized carbons (Fsp3) is 0.0417. The van der Waals surface area contributed by atoms with Gasteiger partial charge in [-0.05, 0) is 67.6 Å². The van der Waals surface area contributed by atoms with Gasteiger partial charge in [-0.15, -0.1) is 0 Å². The molecule has 0 aliphatic carbocycles. The van der Waals surface area contributed by atoms with Crippen LogP contribution in [-0.4, -0.2) is 22.4 Å². The topological polar surface area (TPSA) is 92.2 Å². The summed E-state index contributed by atoms with van der Waals surface area (Å²) in [6.07, 6.45) is 0. The number of aryl methyl sites for hydroxylation is 1. The monoisotopic (exact) mass is 524 g/mol. The Labute approximate surface area is 202 Å². The Morgan fingerprint density at radius 2 is 1.45 bits per heavy atom. The molecule has 3 amide bonds. The summed E-state index contributed by atoms with van der Waals surface area (Å²) < 4.78 is 2.10. The average Bonchev–Trinajstić information content (AvgIpc) is 3.14. The van der Waals surface area contributed by atoms with Crippen molar-refractivity contribution in [1.29, 1.82) is 0 Å². The molecule has 0 aliphatic heterocycles. The third kappa shape index (κ3) is 5.24. The minimum absolute atomic E-state index is 0.148. The van der Waals surface area contributed by atoms with Crippen molar-refractivity contribution in [3.8, 4) is 0 Å². The van der Waals surface area contributed by atoms with E-state index in [-0.39, 0.29) is 5.69 Å². The molecular weight excluding hydrogens is 508 g/mol. The lowest BCUT2D eigenvalue weighted by Gasteiger charge is -2.13. The van der Waals surface area contributed by atoms with Crippen LogP contribution < -0.4 is 16.1 Å². The van der Waals surface area contributed by atoms with E-state index < -0.39 is 17.7 Å². The molecule has 9 heteroatoms. The van der Waals surface area contributed by atoms with Crippen LogP contribution in [-0.2, 0) is 9.59 Å². The zero-order valence-corrected chi connectivity index (χ0v) is 19.7. The summed E-state index contributed by atoms with van der Waals surface area (Å²) in [6.45, 7) is 1.92. The van der Waals surface area contributed by atoms with E-state index in [1.54, 1.807) is 54.6 Å². The Hall–Kier alpha value is -3.62. The highest BCUT2D eigenvalue weighted by molar-refractivity contribution is 9.10. The largest absolute Gasteiger partial charge is 0.328 e. The van der Waals surface area contributed by atoms with Crippen molar-refractivity contribution in [1.82, 2.24) is 4.68 Å². The Morgan fingerprint density at radius 1 is 0.818 bits per heavy atom. The van der Waals surface area contributed by atoms with E-state index in [1.165, 1.54) is 4.68 Å². The molecule has 0 saturated heterocycles. The van der Waals surface area contributed by atoms with E-state index in [4.69, 9.17) is 11.6 Å². The fourth-order valence-corrected chi connectivity index (χ4v) is 3.68. The van der Waals surface area contributed by atoms with E-state index >= 15 is 0 Å². The molecular formula is C24H18BrClN4O3. The lowest BCUT2D eigenvalue weighted by atomic mass is 10.2. The normalized spacial score (nSPS) is 10.6. The number of nitrogens with zero attached hydrogens (tertiary/aromatic N) is 1. The highest BCUT2D eigenvalue weighted by atomic mass is 79.9. The zero-order chi connectivity index (χ0) is 23.5. The second-order valence-corrected chi connectivity index (χ2v) is 8.64. The van der Waals surface area contributed by atoms with Gasteiger partial charge in [0, 0.05) is 26.3 Å². The van der Waals surface area contributed by atoms with Crippen LogP contribution in [0.3, 0.4) is 0 Å². The van der Waals surface area contributed by atoms with Crippen molar-refractivity contribution >= 4 is 67.5 Å². The molecule has 0 unspecified atom stereocenters. The van der Waals surface area contributed by atoms with Gasteiger partial charge < -0.3 is 10.6 Å². The average molecular weight is 526 g/mol. The summed E-state index contributed by atoms with van der Waals surface area (Å²) >= 11 is 9.31. The van der Waals surface area contributed by atoms with Gasteiger partial charge in [-0.1, -0.05) is 45.2 Å². The molecule has 0 aliphatic rings. The molecule has 4 rings (SSSR count). The fourth-order valence-electron chi connectivity index (χ4n) is 3.18. The molecule has 3 N–H and O–H groups in total. The number of rotatable bonds is 4. The van der Waals surface area contributed by atoms with Crippen molar-refractivity contribution in [2.75, 3.05) is 16.1 Å². The van der Waals surface area contributed by atoms with E-state index in [1.807, 2.05) is 25.1 Å². The Kier molecular flexibility index (Phi) is 6.48. The first kappa shape index (κ1) is 22.6. The van der Waals surface area contributed by atoms with Gasteiger partial charge in [0.1, 0.15) is 5.69 Å². The van der Waals surface area contributed by atoms with Crippen molar-refractivity contribution in [3.05, 3.63) is 93.5 Å². The third-order valence-corrected chi connectivity index (χ3v) is 5.57. The summed E-state index contributed by atoms with van der Waals surface area (Å²) in [4.78, 5) is 38.1. The molecule has 1 heterocycles. The van der Waals surface area contributed by atoms with Crippen LogP contribution in [0.25, 0.3) is 10.9 Å². The summed E-state index contributed by atoms with van der Waals surface area (Å²) in [7, 11) is 0. The Morgan fingerprint density at radius 3 is 2.15 bits per heavy atom. The molecule has 0 saturated carbocycles. The highest BCUT2D eigenvalue weighted by Crippen LogP contribution is 2.24. The molecule has 0 fully saturated rings. The first-order valence-corrected chi connectivity index (χ1v) is 11.0. The molecule has 0 spiro atoms. The Bertz CT molecular complexity index is 1370. The lowest BCUT2D eigenvalue weighted by Crippen LogP contribution is -2.36. The van der Waals surface area contributed by atoms with Crippen LogP contribution in [0.15, 0.2) is 77.3 Å². The maximum Gasteiger partial charge on any atom is 0.328 e. The van der Waals surface area contributed by atoms with Gasteiger partial charge in [0.15, 0.2) is 0 Å². The first-order valence-electron chi connectivity index (χ1n) is 9.87. The zero-order valence-electron chi connectivity index (χ0n) is 17.4. The molecule has 0 bridgehead atoms. The molecule has 3 aromatic carbocycles. The van der Waals surface area contributed by atoms with Gasteiger partial charge in [0.2, 0.25) is 0 Å². The minimum atomic E-state index is -0.920. The molecule has 1 aromatic heterocycles. The van der Waals surface area contributed by atoms with Gasteiger partial charge in [0.25, 0.3) is 5.91 Å². The number of carbonyl (C=O) groups is 3. The summed E-state index contributed by atoms with van der Waals surface area (Å²) in [5.41, 5.74) is 5.28. The molecule has 7 nitrogen and oxygen atoms in total. The molecule has 4 aromatic rings. The van der Waals surface area contributed by atoms with E-state index in [2.05, 4.69) is 32.0 Å². The molecule has 33 heavy (non-hydrogen) atoms. The third-order valence-electron chi connectivity index (χ3n) is 4.83. The SMILES string of the molecule is Cc1ccc(NC(=O)C(=O)Nn2c(C(=O)Nc3ccc(Cl)cc3)cc3cc(Br)ccc32)cc1. The van der Waals surface area contributed by atoms with Gasteiger partial charge >= 0.3 is 11.8 Å². The van der Waals surface area contributed by atoms with Gasteiger partial charge in [-0.3, -0.25) is 19.8 Å². The summed E-state index contributed by atoms with van der Waals surface area (Å²) in [5.74, 6) is -2.25. The highest BCUT2D eigenvalue weighted by Gasteiger charge is 2.21. The van der Waals surface area contributed by atoms with Crippen LogP contribution in [0.2, 0.25) is 5.02 Å². The van der Waals surface area contributed by atoms with E-state index in [0.29, 0.717) is 27.3 Å². The van der Waals surface area contributed by atoms with Crippen molar-refractivity contribution < 1.29 is 14.4 Å². The number of benzene rings is 3. The van der Waals surface area contributed by atoms with E-state index in [0.717, 1.165) is 10.0 Å². The van der Waals surface area contributed by atoms with Crippen LogP contribution in [0.1, 0.15) is 16.1 Å². The molecule has 0 radical (unpaired) electrons. The number of aromatic nitrogens is 1. The number of carbonyl (C=O) groups excluding carboxylic acids is 3. The Balaban J connectivity index is 1.61. The van der Waals surface area contributed by atoms with Gasteiger partial charge in [0.05, 0.1) is 5.52 Å². The van der Waals surface area contributed by atoms with Gasteiger partial charge in [-0.2, -0.15) is 0 Å².